The van der Waals surface area contributed by atoms with Gasteiger partial charge < -0.3 is 9.47 Å². The lowest BCUT2D eigenvalue weighted by Gasteiger charge is -2.33. The highest BCUT2D eigenvalue weighted by atomic mass is 16.2. The molecule has 0 unspecified atom stereocenters. The summed E-state index contributed by atoms with van der Waals surface area (Å²) in [7, 11) is 1.94. The fourth-order valence-electron chi connectivity index (χ4n) is 3.61. The number of carbonyl (C=O) groups is 1. The largest absolute Gasteiger partial charge is 0.342 e. The van der Waals surface area contributed by atoms with Crippen molar-refractivity contribution < 1.29 is 4.79 Å². The Kier molecular flexibility index (Phi) is 3.85. The van der Waals surface area contributed by atoms with Crippen LogP contribution in [0.4, 0.5) is 0 Å². The third kappa shape index (κ3) is 2.71. The van der Waals surface area contributed by atoms with E-state index in [4.69, 9.17) is 0 Å². The Labute approximate surface area is 142 Å². The molecule has 0 bridgehead atoms. The number of aromatic nitrogens is 1. The molecule has 1 atom stereocenters. The molecule has 2 aromatic carbocycles. The molecule has 0 saturated heterocycles. The Balaban J connectivity index is 1.52. The number of benzene rings is 2. The standard InChI is InChI=1S/C21H21N2O/c1-22(21(24)13-16-7-3-2-4-8-16)19-12-11-18-14-17-9-5-6-10-20(17)23(18)15-19/h2-10,19H,11-13,15H2,1H3/t19-/m1/s1. The first-order valence-electron chi connectivity index (χ1n) is 8.51. The number of nitrogens with zero attached hydrogens (tertiary/aromatic N) is 2. The van der Waals surface area contributed by atoms with Gasteiger partial charge >= 0.3 is 0 Å². The number of hydrogen-bond acceptors (Lipinski definition) is 1. The van der Waals surface area contributed by atoms with Crippen LogP contribution in [0.3, 0.4) is 0 Å². The Bertz CT molecular complexity index is 866. The van der Waals surface area contributed by atoms with Crippen molar-refractivity contribution in [1.29, 1.82) is 0 Å². The smallest absolute Gasteiger partial charge is 0.227 e. The zero-order chi connectivity index (χ0) is 16.5. The first kappa shape index (κ1) is 15.0. The summed E-state index contributed by atoms with van der Waals surface area (Å²) < 4.78 is 2.33. The van der Waals surface area contributed by atoms with Gasteiger partial charge in [0.2, 0.25) is 5.91 Å². The molecule has 1 amide bonds. The van der Waals surface area contributed by atoms with Crippen LogP contribution in [0.2, 0.25) is 0 Å². The van der Waals surface area contributed by atoms with Gasteiger partial charge in [-0.15, -0.1) is 0 Å². The highest BCUT2D eigenvalue weighted by molar-refractivity contribution is 5.81. The van der Waals surface area contributed by atoms with Crippen molar-refractivity contribution in [3.63, 3.8) is 0 Å². The average molecular weight is 317 g/mol. The van der Waals surface area contributed by atoms with E-state index in [1.807, 2.05) is 42.3 Å². The second-order valence-corrected chi connectivity index (χ2v) is 6.56. The predicted octanol–water partition coefficient (Wildman–Crippen LogP) is 3.46. The van der Waals surface area contributed by atoms with E-state index in [0.29, 0.717) is 6.42 Å². The van der Waals surface area contributed by atoms with Crippen LogP contribution in [0.15, 0.2) is 54.6 Å². The topological polar surface area (TPSA) is 25.2 Å². The van der Waals surface area contributed by atoms with Crippen molar-refractivity contribution in [2.45, 2.75) is 31.8 Å². The number of hydrogen-bond donors (Lipinski definition) is 0. The first-order valence-corrected chi connectivity index (χ1v) is 8.51. The molecule has 0 aliphatic carbocycles. The Morgan fingerprint density at radius 1 is 1.17 bits per heavy atom. The van der Waals surface area contributed by atoms with Gasteiger partial charge in [0.05, 0.1) is 6.42 Å². The van der Waals surface area contributed by atoms with Crippen LogP contribution < -0.4 is 0 Å². The van der Waals surface area contributed by atoms with Gasteiger partial charge in [0, 0.05) is 42.3 Å². The lowest BCUT2D eigenvalue weighted by Crippen LogP contribution is -2.43. The van der Waals surface area contributed by atoms with E-state index in [2.05, 4.69) is 34.9 Å². The van der Waals surface area contributed by atoms with Crippen LogP contribution in [-0.2, 0) is 24.2 Å². The van der Waals surface area contributed by atoms with Gasteiger partial charge in [0.25, 0.3) is 0 Å². The third-order valence-corrected chi connectivity index (χ3v) is 5.05. The lowest BCUT2D eigenvalue weighted by molar-refractivity contribution is -0.131. The highest BCUT2D eigenvalue weighted by Gasteiger charge is 2.26. The maximum Gasteiger partial charge on any atom is 0.227 e. The van der Waals surface area contributed by atoms with Gasteiger partial charge in [0.1, 0.15) is 0 Å². The Hall–Kier alpha value is -2.55. The van der Waals surface area contributed by atoms with Gasteiger partial charge in [-0.3, -0.25) is 4.79 Å². The maximum atomic E-state index is 12.6. The van der Waals surface area contributed by atoms with Gasteiger partial charge in [-0.25, -0.2) is 0 Å². The number of likely N-dealkylation sites (N-methyl/N-ethyl adjacent to an activating group) is 1. The molecule has 3 nitrogen and oxygen atoms in total. The number of para-hydroxylation sites is 1. The number of carbonyl (C=O) groups excluding carboxylic acids is 1. The van der Waals surface area contributed by atoms with Crippen molar-refractivity contribution in [3.05, 3.63) is 71.9 Å². The number of fused-ring (bicyclic) bond motifs is 3. The van der Waals surface area contributed by atoms with E-state index < -0.39 is 0 Å². The molecule has 3 heteroatoms. The second kappa shape index (κ2) is 6.16. The van der Waals surface area contributed by atoms with E-state index in [0.717, 1.165) is 24.9 Å². The maximum absolute atomic E-state index is 12.6. The lowest BCUT2D eigenvalue weighted by atomic mass is 10.0. The zero-order valence-corrected chi connectivity index (χ0v) is 13.9. The minimum absolute atomic E-state index is 0.190. The van der Waals surface area contributed by atoms with Crippen molar-refractivity contribution in [1.82, 2.24) is 9.47 Å². The normalized spacial score (nSPS) is 16.8. The van der Waals surface area contributed by atoms with E-state index in [-0.39, 0.29) is 11.9 Å². The monoisotopic (exact) mass is 317 g/mol. The SMILES string of the molecule is CN(C(=O)Cc1ccccc1)[C@@H]1CCc2[c]c3ccccc3n2C1. The fourth-order valence-corrected chi connectivity index (χ4v) is 3.61. The minimum Gasteiger partial charge on any atom is -0.342 e. The molecule has 1 radical (unpaired) electrons. The average Bonchev–Trinajstić information content (AvgIpc) is 2.99. The molecule has 2 heterocycles. The minimum atomic E-state index is 0.190. The summed E-state index contributed by atoms with van der Waals surface area (Å²) in [5.74, 6) is 0.190. The quantitative estimate of drug-likeness (QED) is 0.726. The van der Waals surface area contributed by atoms with E-state index in [1.165, 1.54) is 16.6 Å². The summed E-state index contributed by atoms with van der Waals surface area (Å²) >= 11 is 0. The predicted molar refractivity (Wildman–Crippen MR) is 95.8 cm³/mol. The van der Waals surface area contributed by atoms with Crippen LogP contribution in [0.25, 0.3) is 10.9 Å². The van der Waals surface area contributed by atoms with Crippen LogP contribution in [-0.4, -0.2) is 28.5 Å². The van der Waals surface area contributed by atoms with Crippen LogP contribution in [0.5, 0.6) is 0 Å². The summed E-state index contributed by atoms with van der Waals surface area (Å²) in [4.78, 5) is 14.6. The second-order valence-electron chi connectivity index (χ2n) is 6.56. The summed E-state index contributed by atoms with van der Waals surface area (Å²) in [6, 6.07) is 22.1. The fraction of sp³-hybridized carbons (Fsp3) is 0.286. The molecule has 0 N–H and O–H groups in total. The van der Waals surface area contributed by atoms with E-state index >= 15 is 0 Å². The third-order valence-electron chi connectivity index (χ3n) is 5.05. The van der Waals surface area contributed by atoms with Crippen molar-refractivity contribution in [2.75, 3.05) is 7.05 Å². The summed E-state index contributed by atoms with van der Waals surface area (Å²) in [5.41, 5.74) is 3.56. The molecule has 0 saturated carbocycles. The Morgan fingerprint density at radius 3 is 2.75 bits per heavy atom. The van der Waals surface area contributed by atoms with Gasteiger partial charge in [-0.1, -0.05) is 48.5 Å². The summed E-state index contributed by atoms with van der Waals surface area (Å²) in [6.45, 7) is 0.858. The zero-order valence-electron chi connectivity index (χ0n) is 13.9. The summed E-state index contributed by atoms with van der Waals surface area (Å²) in [6.07, 6.45) is 2.45. The molecular formula is C21H21N2O. The van der Waals surface area contributed by atoms with Crippen molar-refractivity contribution in [3.8, 4) is 0 Å². The number of amides is 1. The first-order chi connectivity index (χ1) is 11.7. The van der Waals surface area contributed by atoms with Gasteiger partial charge in [-0.05, 0) is 24.5 Å². The molecule has 0 fully saturated rings. The highest BCUT2D eigenvalue weighted by Crippen LogP contribution is 2.26. The van der Waals surface area contributed by atoms with Crippen molar-refractivity contribution in [2.24, 2.45) is 0 Å². The van der Waals surface area contributed by atoms with Gasteiger partial charge in [0.15, 0.2) is 0 Å². The molecule has 121 valence electrons. The van der Waals surface area contributed by atoms with Gasteiger partial charge in [-0.2, -0.15) is 0 Å². The van der Waals surface area contributed by atoms with E-state index in [9.17, 15) is 4.79 Å². The van der Waals surface area contributed by atoms with Crippen LogP contribution in [0.1, 0.15) is 17.7 Å². The van der Waals surface area contributed by atoms with Crippen LogP contribution in [0, 0.1) is 6.07 Å². The molecule has 1 aliphatic heterocycles. The molecule has 24 heavy (non-hydrogen) atoms. The molecule has 1 aliphatic rings. The molecule has 4 rings (SSSR count). The summed E-state index contributed by atoms with van der Waals surface area (Å²) in [5, 5.41) is 1.17. The Morgan fingerprint density at radius 2 is 1.92 bits per heavy atom. The van der Waals surface area contributed by atoms with E-state index in [1.54, 1.807) is 0 Å². The molecule has 1 aromatic heterocycles. The molecular weight excluding hydrogens is 296 g/mol. The molecule has 3 aromatic rings. The van der Waals surface area contributed by atoms with Crippen LogP contribution >= 0.6 is 0 Å². The number of rotatable bonds is 3. The number of aryl methyl sites for hydroxylation is 1. The molecule has 0 spiro atoms. The van der Waals surface area contributed by atoms with Crippen molar-refractivity contribution >= 4 is 16.8 Å².